The molecule has 1 radical (unpaired) electrons. The zero-order valence-electron chi connectivity index (χ0n) is 4.50. The van der Waals surface area contributed by atoms with Gasteiger partial charge in [0.15, 0.2) is 5.75 Å². The summed E-state index contributed by atoms with van der Waals surface area (Å²) in [4.78, 5) is 3.66. The van der Waals surface area contributed by atoms with Crippen molar-refractivity contribution in [3.8, 4) is 5.75 Å². The summed E-state index contributed by atoms with van der Waals surface area (Å²) in [6.45, 7) is 0. The lowest BCUT2D eigenvalue weighted by Crippen LogP contribution is -1.78. The van der Waals surface area contributed by atoms with Gasteiger partial charge >= 0.3 is 0 Å². The van der Waals surface area contributed by atoms with E-state index < -0.39 is 0 Å². The molecule has 0 heterocycles. The van der Waals surface area contributed by atoms with Crippen molar-refractivity contribution in [3.05, 3.63) is 29.3 Å². The van der Waals surface area contributed by atoms with Crippen molar-refractivity contribution in [2.75, 3.05) is 0 Å². The molecule has 47 valence electrons. The maximum atomic E-state index is 9.70. The molecule has 0 saturated carbocycles. The van der Waals surface area contributed by atoms with Crippen LogP contribution in [0.1, 0.15) is 0 Å². The van der Waals surface area contributed by atoms with Crippen LogP contribution in [0.3, 0.4) is 0 Å². The largest absolute Gasteiger partial charge is 0.305 e. The minimum atomic E-state index is 0.277. The van der Waals surface area contributed by atoms with E-state index >= 15 is 0 Å². The molecule has 0 aliphatic heterocycles. The van der Waals surface area contributed by atoms with Gasteiger partial charge in [0.1, 0.15) is 0 Å². The van der Waals surface area contributed by atoms with Crippen molar-refractivity contribution in [2.24, 2.45) is 0 Å². The second kappa shape index (κ2) is 2.71. The molecule has 9 heavy (non-hydrogen) atoms. The lowest BCUT2D eigenvalue weighted by Gasteiger charge is -1.90. The highest BCUT2D eigenvalue weighted by molar-refractivity contribution is 6.30. The Balaban J connectivity index is 2.88. The van der Waals surface area contributed by atoms with Crippen LogP contribution in [0.2, 0.25) is 5.02 Å². The average molecular weight is 144 g/mol. The van der Waals surface area contributed by atoms with Crippen molar-refractivity contribution in [3.63, 3.8) is 0 Å². The fourth-order valence-electron chi connectivity index (χ4n) is 0.490. The standard InChI is InChI=1S/C6H4ClO2/c7-5-1-3-6(9-8)4-2-5/h1-4H. The lowest BCUT2D eigenvalue weighted by atomic mass is 10.3. The van der Waals surface area contributed by atoms with E-state index in [0.717, 1.165) is 0 Å². The third kappa shape index (κ3) is 1.59. The fraction of sp³-hybridized carbons (Fsp3) is 0. The van der Waals surface area contributed by atoms with Crippen molar-refractivity contribution >= 4 is 11.6 Å². The molecule has 0 aliphatic rings. The Morgan fingerprint density at radius 3 is 2.22 bits per heavy atom. The van der Waals surface area contributed by atoms with E-state index in [1.807, 2.05) is 0 Å². The molecular weight excluding hydrogens is 140 g/mol. The Morgan fingerprint density at radius 2 is 1.78 bits per heavy atom. The van der Waals surface area contributed by atoms with E-state index in [4.69, 9.17) is 11.6 Å². The van der Waals surface area contributed by atoms with Crippen molar-refractivity contribution in [2.45, 2.75) is 0 Å². The van der Waals surface area contributed by atoms with Gasteiger partial charge in [-0.15, -0.1) is 0 Å². The first-order valence-electron chi connectivity index (χ1n) is 2.38. The molecule has 1 aromatic carbocycles. The zero-order chi connectivity index (χ0) is 6.69. The van der Waals surface area contributed by atoms with Crippen LogP contribution in [0.15, 0.2) is 24.3 Å². The Labute approximate surface area is 57.6 Å². The Morgan fingerprint density at radius 1 is 1.22 bits per heavy atom. The number of hydrogen-bond acceptors (Lipinski definition) is 1. The Hall–Kier alpha value is -0.730. The summed E-state index contributed by atoms with van der Waals surface area (Å²) in [7, 11) is 0. The first-order chi connectivity index (χ1) is 4.33. The molecule has 0 aromatic heterocycles. The minimum Gasteiger partial charge on any atom is -0.305 e. The molecule has 0 aliphatic carbocycles. The molecule has 2 nitrogen and oxygen atoms in total. The molecule has 0 atom stereocenters. The molecular formula is C6H4ClO2. The SMILES string of the molecule is [O]Oc1ccc(Cl)cc1. The van der Waals surface area contributed by atoms with E-state index in [2.05, 4.69) is 4.89 Å². The van der Waals surface area contributed by atoms with E-state index in [-0.39, 0.29) is 5.75 Å². The topological polar surface area (TPSA) is 29.1 Å². The summed E-state index contributed by atoms with van der Waals surface area (Å²) in [6, 6.07) is 6.20. The second-order valence-corrected chi connectivity index (χ2v) is 1.97. The monoisotopic (exact) mass is 143 g/mol. The number of halogens is 1. The summed E-state index contributed by atoms with van der Waals surface area (Å²) in [5.41, 5.74) is 0. The van der Waals surface area contributed by atoms with Gasteiger partial charge in [-0.25, -0.2) is 0 Å². The van der Waals surface area contributed by atoms with Crippen LogP contribution in [0, 0.1) is 0 Å². The summed E-state index contributed by atoms with van der Waals surface area (Å²) < 4.78 is 0. The highest BCUT2D eigenvalue weighted by atomic mass is 35.5. The van der Waals surface area contributed by atoms with Gasteiger partial charge in [0.05, 0.1) is 0 Å². The van der Waals surface area contributed by atoms with Crippen LogP contribution < -0.4 is 4.89 Å². The number of benzene rings is 1. The van der Waals surface area contributed by atoms with Gasteiger partial charge < -0.3 is 4.89 Å². The van der Waals surface area contributed by atoms with Crippen molar-refractivity contribution in [1.29, 1.82) is 0 Å². The molecule has 0 N–H and O–H groups in total. The van der Waals surface area contributed by atoms with Gasteiger partial charge in [-0.1, -0.05) is 11.6 Å². The minimum absolute atomic E-state index is 0.277. The molecule has 1 aromatic rings. The summed E-state index contributed by atoms with van der Waals surface area (Å²) >= 11 is 5.51. The Bertz CT molecular complexity index is 183. The highest BCUT2D eigenvalue weighted by Crippen LogP contribution is 2.14. The predicted octanol–water partition coefficient (Wildman–Crippen LogP) is 2.06. The molecule has 0 bridgehead atoms. The molecule has 0 saturated heterocycles. The smallest absolute Gasteiger partial charge is 0.168 e. The van der Waals surface area contributed by atoms with Gasteiger partial charge in [-0.2, -0.15) is 0 Å². The molecule has 0 unspecified atom stereocenters. The van der Waals surface area contributed by atoms with E-state index in [1.54, 1.807) is 12.1 Å². The van der Waals surface area contributed by atoms with Crippen LogP contribution in [0.4, 0.5) is 0 Å². The van der Waals surface area contributed by atoms with E-state index in [1.165, 1.54) is 12.1 Å². The number of hydrogen-bond donors (Lipinski definition) is 0. The molecule has 0 spiro atoms. The van der Waals surface area contributed by atoms with Crippen LogP contribution >= 0.6 is 11.6 Å². The van der Waals surface area contributed by atoms with Crippen molar-refractivity contribution in [1.82, 2.24) is 0 Å². The molecule has 3 heteroatoms. The third-order valence-corrected chi connectivity index (χ3v) is 1.16. The maximum Gasteiger partial charge on any atom is 0.168 e. The third-order valence-electron chi connectivity index (χ3n) is 0.910. The lowest BCUT2D eigenvalue weighted by molar-refractivity contribution is -0.208. The zero-order valence-corrected chi connectivity index (χ0v) is 5.26. The van der Waals surface area contributed by atoms with Gasteiger partial charge in [0.2, 0.25) is 0 Å². The van der Waals surface area contributed by atoms with E-state index in [9.17, 15) is 5.26 Å². The summed E-state index contributed by atoms with van der Waals surface area (Å²) in [6.07, 6.45) is 0. The van der Waals surface area contributed by atoms with Gasteiger partial charge in [-0.3, -0.25) is 0 Å². The fourth-order valence-corrected chi connectivity index (χ4v) is 0.616. The van der Waals surface area contributed by atoms with E-state index in [0.29, 0.717) is 5.02 Å². The van der Waals surface area contributed by atoms with Gasteiger partial charge in [-0.05, 0) is 24.3 Å². The average Bonchev–Trinajstić information content (AvgIpc) is 1.90. The first kappa shape index (κ1) is 6.39. The van der Waals surface area contributed by atoms with Gasteiger partial charge in [0.25, 0.3) is 0 Å². The quantitative estimate of drug-likeness (QED) is 0.437. The predicted molar refractivity (Wildman–Crippen MR) is 32.8 cm³/mol. The molecule has 0 fully saturated rings. The van der Waals surface area contributed by atoms with Gasteiger partial charge in [0, 0.05) is 10.3 Å². The number of rotatable bonds is 1. The highest BCUT2D eigenvalue weighted by Gasteiger charge is 1.89. The Kier molecular flexibility index (Phi) is 1.92. The van der Waals surface area contributed by atoms with Crippen LogP contribution in [0.25, 0.3) is 0 Å². The summed E-state index contributed by atoms with van der Waals surface area (Å²) in [5, 5.41) is 10.3. The normalized spacial score (nSPS) is 9.11. The van der Waals surface area contributed by atoms with Crippen LogP contribution in [-0.4, -0.2) is 0 Å². The second-order valence-electron chi connectivity index (χ2n) is 1.54. The summed E-state index contributed by atoms with van der Waals surface area (Å²) in [5.74, 6) is 0.277. The van der Waals surface area contributed by atoms with Crippen LogP contribution in [-0.2, 0) is 5.26 Å². The molecule has 0 amide bonds. The first-order valence-corrected chi connectivity index (χ1v) is 2.76. The molecule has 1 rings (SSSR count). The van der Waals surface area contributed by atoms with Crippen molar-refractivity contribution < 1.29 is 10.1 Å². The maximum absolute atomic E-state index is 9.70. The van der Waals surface area contributed by atoms with Crippen LogP contribution in [0.5, 0.6) is 5.75 Å².